The van der Waals surface area contributed by atoms with E-state index in [4.69, 9.17) is 11.1 Å². The molecule has 5 rings (SSSR count). The average Bonchev–Trinajstić information content (AvgIpc) is 3.05. The van der Waals surface area contributed by atoms with Gasteiger partial charge < -0.3 is 15.7 Å². The standard InChI is InChI=1S/C28H43N7O7S/c1-28(25(38)32(3)26(39)34(28)15-19-11-12-31(2)43(41,42)16-19)13-17-7-9-20(10-8-17)35-24(37)21(22(29)30)23(36)33(27(35)40)14-18-5-4-6-18/h17-20,36H,4-16H2,1-3H3,(H3,29,30)/t17?,19-,20?,28+/m1/s1. The van der Waals surface area contributed by atoms with Gasteiger partial charge in [-0.05, 0) is 76.0 Å². The van der Waals surface area contributed by atoms with Crippen LogP contribution in [0.4, 0.5) is 4.79 Å². The molecule has 4 aliphatic rings. The van der Waals surface area contributed by atoms with Crippen molar-refractivity contribution < 1.29 is 23.1 Å². The van der Waals surface area contributed by atoms with E-state index in [2.05, 4.69) is 0 Å². The van der Waals surface area contributed by atoms with Gasteiger partial charge in [-0.2, -0.15) is 0 Å². The van der Waals surface area contributed by atoms with Gasteiger partial charge in [0.1, 0.15) is 16.9 Å². The summed E-state index contributed by atoms with van der Waals surface area (Å²) in [6.45, 7) is 2.54. The van der Waals surface area contributed by atoms with Crippen LogP contribution in [0.1, 0.15) is 76.3 Å². The molecule has 2 aliphatic carbocycles. The number of urea groups is 1. The molecule has 2 saturated carbocycles. The van der Waals surface area contributed by atoms with Crippen molar-refractivity contribution in [2.24, 2.45) is 23.5 Å². The number of nitrogen functional groups attached to an aromatic ring is 1. The fourth-order valence-corrected chi connectivity index (χ4v) is 8.84. The van der Waals surface area contributed by atoms with Crippen LogP contribution in [-0.2, 0) is 21.4 Å². The van der Waals surface area contributed by atoms with E-state index in [-0.39, 0.29) is 48.1 Å². The Morgan fingerprint density at radius 3 is 2.19 bits per heavy atom. The molecule has 15 heteroatoms. The fraction of sp³-hybridized carbons (Fsp3) is 0.750. The van der Waals surface area contributed by atoms with Gasteiger partial charge >= 0.3 is 11.7 Å². The third-order valence-corrected chi connectivity index (χ3v) is 12.3. The smallest absolute Gasteiger partial charge is 0.334 e. The highest BCUT2D eigenvalue weighted by atomic mass is 32.2. The van der Waals surface area contributed by atoms with E-state index in [1.54, 1.807) is 14.0 Å². The summed E-state index contributed by atoms with van der Waals surface area (Å²) in [5.74, 6) is -1.59. The normalized spacial score (nSPS) is 30.1. The zero-order valence-corrected chi connectivity index (χ0v) is 25.9. The molecule has 0 radical (unpaired) electrons. The number of imide groups is 1. The number of carbonyl (C=O) groups is 2. The summed E-state index contributed by atoms with van der Waals surface area (Å²) in [6, 6.07) is -0.892. The highest BCUT2D eigenvalue weighted by Crippen LogP contribution is 2.41. The third kappa shape index (κ3) is 5.49. The number of hydrogen-bond donors (Lipinski definition) is 3. The Hall–Kier alpha value is -3.20. The molecule has 2 saturated heterocycles. The molecule has 43 heavy (non-hydrogen) atoms. The molecule has 4 fully saturated rings. The Morgan fingerprint density at radius 2 is 1.63 bits per heavy atom. The van der Waals surface area contributed by atoms with Crippen LogP contribution in [0.5, 0.6) is 5.88 Å². The first-order valence-corrected chi connectivity index (χ1v) is 16.7. The number of sulfonamides is 1. The number of nitrogens with zero attached hydrogens (tertiary/aromatic N) is 5. The van der Waals surface area contributed by atoms with Gasteiger partial charge in [-0.3, -0.25) is 29.0 Å². The molecule has 1 aromatic rings. The quantitative estimate of drug-likeness (QED) is 0.216. The van der Waals surface area contributed by atoms with Crippen LogP contribution in [0.15, 0.2) is 9.59 Å². The van der Waals surface area contributed by atoms with Crippen molar-refractivity contribution in [3.05, 3.63) is 26.4 Å². The highest BCUT2D eigenvalue weighted by Gasteiger charge is 2.54. The SMILES string of the molecule is CN1C(=O)N(C[C@H]2CCN(C)S(=O)(=O)C2)[C@@](C)(CC2CCC(n3c(=O)c(C(=N)N)c(O)n(CC4CCC4)c3=O)CC2)C1=O. The van der Waals surface area contributed by atoms with Crippen molar-refractivity contribution in [1.29, 1.82) is 5.41 Å². The molecule has 1 aromatic heterocycles. The van der Waals surface area contributed by atoms with Crippen molar-refractivity contribution in [1.82, 2.24) is 23.2 Å². The van der Waals surface area contributed by atoms with E-state index in [9.17, 15) is 32.7 Å². The van der Waals surface area contributed by atoms with Gasteiger partial charge in [0.2, 0.25) is 15.9 Å². The largest absolute Gasteiger partial charge is 0.494 e. The average molecular weight is 622 g/mol. The van der Waals surface area contributed by atoms with Crippen molar-refractivity contribution in [3.63, 3.8) is 0 Å². The Kier molecular flexibility index (Phi) is 8.26. The first kappa shape index (κ1) is 31.2. The first-order chi connectivity index (χ1) is 20.2. The molecule has 238 valence electrons. The molecule has 14 nitrogen and oxygen atoms in total. The number of aromatic hydroxyl groups is 1. The second kappa shape index (κ2) is 11.4. The predicted molar refractivity (Wildman–Crippen MR) is 158 cm³/mol. The Balaban J connectivity index is 1.34. The molecule has 4 N–H and O–H groups in total. The number of amides is 3. The first-order valence-electron chi connectivity index (χ1n) is 15.1. The van der Waals surface area contributed by atoms with E-state index in [0.717, 1.165) is 28.7 Å². The summed E-state index contributed by atoms with van der Waals surface area (Å²) in [4.78, 5) is 56.1. The lowest BCUT2D eigenvalue weighted by atomic mass is 9.77. The van der Waals surface area contributed by atoms with E-state index in [1.807, 2.05) is 0 Å². The monoisotopic (exact) mass is 621 g/mol. The molecule has 2 atom stereocenters. The maximum Gasteiger partial charge on any atom is 0.334 e. The van der Waals surface area contributed by atoms with Gasteiger partial charge in [0, 0.05) is 39.8 Å². The van der Waals surface area contributed by atoms with E-state index in [0.29, 0.717) is 45.1 Å². The van der Waals surface area contributed by atoms with Crippen LogP contribution >= 0.6 is 0 Å². The number of rotatable bonds is 8. The van der Waals surface area contributed by atoms with Gasteiger partial charge in [-0.25, -0.2) is 22.3 Å². The molecule has 0 aromatic carbocycles. The van der Waals surface area contributed by atoms with Crippen LogP contribution in [0.2, 0.25) is 0 Å². The summed E-state index contributed by atoms with van der Waals surface area (Å²) >= 11 is 0. The van der Waals surface area contributed by atoms with Gasteiger partial charge in [-0.1, -0.05) is 6.42 Å². The summed E-state index contributed by atoms with van der Waals surface area (Å²) in [6.07, 6.45) is 5.97. The summed E-state index contributed by atoms with van der Waals surface area (Å²) < 4.78 is 28.6. The number of nitrogens with one attached hydrogen (secondary N) is 1. The van der Waals surface area contributed by atoms with E-state index < -0.39 is 50.6 Å². The minimum absolute atomic E-state index is 0.0190. The molecule has 3 amide bonds. The van der Waals surface area contributed by atoms with Crippen molar-refractivity contribution >= 4 is 27.8 Å². The number of hydrogen-bond acceptors (Lipinski definition) is 8. The van der Waals surface area contributed by atoms with Crippen molar-refractivity contribution in [2.75, 3.05) is 32.9 Å². The molecule has 0 unspecified atom stereocenters. The number of aromatic nitrogens is 2. The molecule has 0 spiro atoms. The minimum Gasteiger partial charge on any atom is -0.494 e. The number of carbonyl (C=O) groups excluding carboxylic acids is 2. The Labute approximate surface area is 251 Å². The summed E-state index contributed by atoms with van der Waals surface area (Å²) in [5, 5.41) is 18.6. The van der Waals surface area contributed by atoms with Crippen molar-refractivity contribution in [3.8, 4) is 5.88 Å². The Bertz CT molecular complexity index is 1540. The zero-order valence-electron chi connectivity index (χ0n) is 25.1. The number of nitrogens with two attached hydrogens (primary N) is 1. The second-order valence-corrected chi connectivity index (χ2v) is 15.3. The molecule has 3 heterocycles. The lowest BCUT2D eigenvalue weighted by molar-refractivity contribution is -0.132. The maximum atomic E-state index is 13.5. The van der Waals surface area contributed by atoms with E-state index in [1.165, 1.54) is 20.8 Å². The van der Waals surface area contributed by atoms with Gasteiger partial charge in [0.05, 0.1) is 5.75 Å². The molecule has 2 aliphatic heterocycles. The van der Waals surface area contributed by atoms with Gasteiger partial charge in [0.15, 0.2) is 0 Å². The minimum atomic E-state index is -3.42. The lowest BCUT2D eigenvalue weighted by Gasteiger charge is -2.40. The molecule has 0 bridgehead atoms. The second-order valence-electron chi connectivity index (χ2n) is 13.1. The van der Waals surface area contributed by atoms with Crippen LogP contribution in [0, 0.1) is 23.2 Å². The Morgan fingerprint density at radius 1 is 0.977 bits per heavy atom. The fourth-order valence-electron chi connectivity index (χ4n) is 7.33. The van der Waals surface area contributed by atoms with Gasteiger partial charge in [-0.15, -0.1) is 0 Å². The van der Waals surface area contributed by atoms with E-state index >= 15 is 0 Å². The lowest BCUT2D eigenvalue weighted by Crippen LogP contribution is -2.52. The van der Waals surface area contributed by atoms with Gasteiger partial charge in [0.25, 0.3) is 11.5 Å². The topological polar surface area (TPSA) is 192 Å². The summed E-state index contributed by atoms with van der Waals surface area (Å²) in [7, 11) is -0.425. The predicted octanol–water partition coefficient (Wildman–Crippen LogP) is 0.855. The van der Waals surface area contributed by atoms with Crippen LogP contribution in [0.3, 0.4) is 0 Å². The van der Waals surface area contributed by atoms with Crippen LogP contribution < -0.4 is 17.0 Å². The van der Waals surface area contributed by atoms with Crippen molar-refractivity contribution in [2.45, 2.75) is 82.8 Å². The highest BCUT2D eigenvalue weighted by molar-refractivity contribution is 7.89. The zero-order chi connectivity index (χ0) is 31.4. The number of likely N-dealkylation sites (N-methyl/N-ethyl adjacent to an activating group) is 1. The van der Waals surface area contributed by atoms with Crippen LogP contribution in [-0.4, -0.2) is 93.0 Å². The molecular formula is C28H43N7O7S. The molecular weight excluding hydrogens is 578 g/mol. The summed E-state index contributed by atoms with van der Waals surface area (Å²) in [5.41, 5.74) is 2.79. The third-order valence-electron chi connectivity index (χ3n) is 10.2. The number of amidine groups is 1. The maximum absolute atomic E-state index is 13.5. The van der Waals surface area contributed by atoms with Crippen LogP contribution in [0.25, 0.3) is 0 Å².